The fraction of sp³-hybridized carbons (Fsp3) is 0.381. The Morgan fingerprint density at radius 2 is 1.85 bits per heavy atom. The normalized spacial score (nSPS) is 13.9. The van der Waals surface area contributed by atoms with E-state index in [1.165, 1.54) is 0 Å². The number of amides is 1. The standard InChI is InChI=1S/C21H24BNO3/c1-21(2,3)26-20(24)23-12-11-16-17(13-23)18(22)9-10-19(16)25-14-15-7-5-4-6-8-15/h4-10H,11-14H2,1-3H3. The Morgan fingerprint density at radius 3 is 2.54 bits per heavy atom. The van der Waals surface area contributed by atoms with Gasteiger partial charge in [0.1, 0.15) is 25.8 Å². The summed E-state index contributed by atoms with van der Waals surface area (Å²) in [7, 11) is 6.17. The van der Waals surface area contributed by atoms with Gasteiger partial charge in [0.2, 0.25) is 0 Å². The zero-order valence-electron chi connectivity index (χ0n) is 15.6. The van der Waals surface area contributed by atoms with E-state index in [1.54, 1.807) is 4.90 Å². The van der Waals surface area contributed by atoms with Gasteiger partial charge in [0.15, 0.2) is 0 Å². The molecule has 0 aromatic heterocycles. The van der Waals surface area contributed by atoms with E-state index in [2.05, 4.69) is 0 Å². The summed E-state index contributed by atoms with van der Waals surface area (Å²) in [6.45, 7) is 7.14. The van der Waals surface area contributed by atoms with Crippen molar-refractivity contribution in [3.8, 4) is 5.75 Å². The molecule has 0 atom stereocenters. The molecule has 1 aliphatic rings. The van der Waals surface area contributed by atoms with E-state index in [9.17, 15) is 4.79 Å². The maximum Gasteiger partial charge on any atom is 0.410 e. The third-order valence-corrected chi connectivity index (χ3v) is 4.29. The van der Waals surface area contributed by atoms with Crippen LogP contribution in [0.4, 0.5) is 4.79 Å². The highest BCUT2D eigenvalue weighted by Gasteiger charge is 2.27. The quantitative estimate of drug-likeness (QED) is 0.798. The molecular weight excluding hydrogens is 325 g/mol. The molecular formula is C21H24BNO3. The summed E-state index contributed by atoms with van der Waals surface area (Å²) in [6.07, 6.45) is 0.391. The van der Waals surface area contributed by atoms with Crippen molar-refractivity contribution in [3.05, 3.63) is 59.2 Å². The summed E-state index contributed by atoms with van der Waals surface area (Å²) in [5.41, 5.74) is 3.32. The molecule has 2 aromatic rings. The van der Waals surface area contributed by atoms with Crippen LogP contribution in [-0.2, 0) is 24.3 Å². The molecule has 1 aliphatic heterocycles. The highest BCUT2D eigenvalue weighted by atomic mass is 16.6. The minimum Gasteiger partial charge on any atom is -0.489 e. The van der Waals surface area contributed by atoms with E-state index in [1.807, 2.05) is 63.2 Å². The Balaban J connectivity index is 1.75. The fourth-order valence-corrected chi connectivity index (χ4v) is 3.02. The van der Waals surface area contributed by atoms with Gasteiger partial charge in [-0.3, -0.25) is 0 Å². The number of hydrogen-bond donors (Lipinski definition) is 0. The van der Waals surface area contributed by atoms with Crippen molar-refractivity contribution in [2.75, 3.05) is 6.54 Å². The Bertz CT molecular complexity index is 784. The van der Waals surface area contributed by atoms with Crippen molar-refractivity contribution in [1.82, 2.24) is 4.90 Å². The number of hydrogen-bond acceptors (Lipinski definition) is 3. The summed E-state index contributed by atoms with van der Waals surface area (Å²) in [5.74, 6) is 0.835. The second-order valence-electron chi connectivity index (χ2n) is 7.54. The number of ether oxygens (including phenoxy) is 2. The first kappa shape index (κ1) is 18.4. The van der Waals surface area contributed by atoms with Crippen molar-refractivity contribution < 1.29 is 14.3 Å². The molecule has 5 heteroatoms. The topological polar surface area (TPSA) is 38.8 Å². The minimum atomic E-state index is -0.510. The molecule has 2 radical (unpaired) electrons. The van der Waals surface area contributed by atoms with Crippen LogP contribution >= 0.6 is 0 Å². The molecule has 0 fully saturated rings. The van der Waals surface area contributed by atoms with Gasteiger partial charge in [-0.05, 0) is 44.4 Å². The number of rotatable bonds is 3. The predicted molar refractivity (Wildman–Crippen MR) is 103 cm³/mol. The van der Waals surface area contributed by atoms with Crippen LogP contribution in [0.25, 0.3) is 0 Å². The fourth-order valence-electron chi connectivity index (χ4n) is 3.02. The molecule has 26 heavy (non-hydrogen) atoms. The maximum absolute atomic E-state index is 12.4. The van der Waals surface area contributed by atoms with Crippen molar-refractivity contribution in [1.29, 1.82) is 0 Å². The molecule has 0 bridgehead atoms. The van der Waals surface area contributed by atoms with Gasteiger partial charge in [-0.15, -0.1) is 0 Å². The van der Waals surface area contributed by atoms with Crippen LogP contribution in [0.3, 0.4) is 0 Å². The van der Waals surface area contributed by atoms with E-state index in [4.69, 9.17) is 17.3 Å². The van der Waals surface area contributed by atoms with Gasteiger partial charge in [0.25, 0.3) is 0 Å². The van der Waals surface area contributed by atoms with Crippen LogP contribution in [0.5, 0.6) is 5.75 Å². The van der Waals surface area contributed by atoms with Gasteiger partial charge in [-0.1, -0.05) is 41.9 Å². The van der Waals surface area contributed by atoms with E-state index in [-0.39, 0.29) is 6.09 Å². The average Bonchev–Trinajstić information content (AvgIpc) is 2.60. The average molecular weight is 349 g/mol. The number of fused-ring (bicyclic) bond motifs is 1. The molecule has 0 aliphatic carbocycles. The number of benzene rings is 2. The largest absolute Gasteiger partial charge is 0.489 e. The Hall–Kier alpha value is -2.43. The van der Waals surface area contributed by atoms with E-state index < -0.39 is 5.60 Å². The van der Waals surface area contributed by atoms with Crippen LogP contribution in [0, 0.1) is 0 Å². The second kappa shape index (κ2) is 7.44. The van der Waals surface area contributed by atoms with Gasteiger partial charge in [-0.2, -0.15) is 0 Å². The predicted octanol–water partition coefficient (Wildman–Crippen LogP) is 3.35. The highest BCUT2D eigenvalue weighted by Crippen LogP contribution is 2.28. The molecule has 1 heterocycles. The molecule has 0 spiro atoms. The van der Waals surface area contributed by atoms with Gasteiger partial charge in [0, 0.05) is 18.7 Å². The molecule has 2 aromatic carbocycles. The summed E-state index contributed by atoms with van der Waals surface area (Å²) < 4.78 is 11.5. The lowest BCUT2D eigenvalue weighted by Crippen LogP contribution is -2.41. The summed E-state index contributed by atoms with van der Waals surface area (Å²) in [5, 5.41) is 0. The molecule has 134 valence electrons. The van der Waals surface area contributed by atoms with Crippen molar-refractivity contribution in [3.63, 3.8) is 0 Å². The molecule has 3 rings (SSSR count). The summed E-state index contributed by atoms with van der Waals surface area (Å²) >= 11 is 0. The van der Waals surface area contributed by atoms with Crippen LogP contribution in [0.2, 0.25) is 0 Å². The molecule has 0 saturated carbocycles. The first-order chi connectivity index (χ1) is 12.3. The monoisotopic (exact) mass is 349 g/mol. The lowest BCUT2D eigenvalue weighted by molar-refractivity contribution is 0.0223. The lowest BCUT2D eigenvalue weighted by Gasteiger charge is -2.33. The number of carbonyl (C=O) groups is 1. The van der Waals surface area contributed by atoms with Crippen LogP contribution in [0.1, 0.15) is 37.5 Å². The Morgan fingerprint density at radius 1 is 1.12 bits per heavy atom. The van der Waals surface area contributed by atoms with Crippen LogP contribution < -0.4 is 10.2 Å². The zero-order chi connectivity index (χ0) is 18.7. The van der Waals surface area contributed by atoms with Crippen molar-refractivity contribution in [2.24, 2.45) is 0 Å². The van der Waals surface area contributed by atoms with Crippen LogP contribution in [0.15, 0.2) is 42.5 Å². The molecule has 0 saturated heterocycles. The number of nitrogens with zero attached hydrogens (tertiary/aromatic N) is 1. The van der Waals surface area contributed by atoms with E-state index in [0.717, 1.165) is 22.4 Å². The minimum absolute atomic E-state index is 0.307. The summed E-state index contributed by atoms with van der Waals surface area (Å²) in [4.78, 5) is 14.1. The third kappa shape index (κ3) is 4.40. The van der Waals surface area contributed by atoms with E-state index >= 15 is 0 Å². The lowest BCUT2D eigenvalue weighted by atomic mass is 9.84. The van der Waals surface area contributed by atoms with E-state index in [0.29, 0.717) is 31.6 Å². The molecule has 1 amide bonds. The molecule has 4 nitrogen and oxygen atoms in total. The Labute approximate surface area is 156 Å². The van der Waals surface area contributed by atoms with Crippen molar-refractivity contribution >= 4 is 19.4 Å². The Kier molecular flexibility index (Phi) is 5.26. The van der Waals surface area contributed by atoms with Crippen LogP contribution in [-0.4, -0.2) is 31.0 Å². The van der Waals surface area contributed by atoms with Gasteiger partial charge >= 0.3 is 6.09 Å². The third-order valence-electron chi connectivity index (χ3n) is 4.29. The highest BCUT2D eigenvalue weighted by molar-refractivity contribution is 6.33. The smallest absolute Gasteiger partial charge is 0.410 e. The van der Waals surface area contributed by atoms with Gasteiger partial charge in [0.05, 0.1) is 0 Å². The zero-order valence-corrected chi connectivity index (χ0v) is 15.6. The SMILES string of the molecule is [B]c1ccc(OCc2ccccc2)c2c1CN(C(=O)OC(C)(C)C)CC2. The summed E-state index contributed by atoms with van der Waals surface area (Å²) in [6, 6.07) is 13.8. The van der Waals surface area contributed by atoms with Gasteiger partial charge in [-0.25, -0.2) is 4.79 Å². The van der Waals surface area contributed by atoms with Crippen molar-refractivity contribution in [2.45, 2.75) is 45.9 Å². The second-order valence-corrected chi connectivity index (χ2v) is 7.54. The first-order valence-corrected chi connectivity index (χ1v) is 8.88. The van der Waals surface area contributed by atoms with Gasteiger partial charge < -0.3 is 14.4 Å². The number of carbonyl (C=O) groups excluding carboxylic acids is 1. The maximum atomic E-state index is 12.4. The molecule has 0 unspecified atom stereocenters. The first-order valence-electron chi connectivity index (χ1n) is 8.88. The molecule has 0 N–H and O–H groups in total.